The molecule has 96 valence electrons. The van der Waals surface area contributed by atoms with Crippen molar-refractivity contribution in [2.45, 2.75) is 32.2 Å². The highest BCUT2D eigenvalue weighted by atomic mass is 32.2. The molecule has 0 aliphatic carbocycles. The number of hydrogen-bond donors (Lipinski definition) is 1. The van der Waals surface area contributed by atoms with Crippen LogP contribution in [-0.2, 0) is 10.2 Å². The van der Waals surface area contributed by atoms with Gasteiger partial charge in [-0.05, 0) is 26.3 Å². The van der Waals surface area contributed by atoms with Crippen molar-refractivity contribution in [2.75, 3.05) is 33.7 Å². The largest absolute Gasteiger partial charge is 0.317 e. The van der Waals surface area contributed by atoms with Crippen molar-refractivity contribution in [3.05, 3.63) is 0 Å². The van der Waals surface area contributed by atoms with Crippen LogP contribution in [0.3, 0.4) is 0 Å². The molecular weight excluding hydrogens is 226 g/mol. The van der Waals surface area contributed by atoms with Crippen LogP contribution in [0.4, 0.5) is 0 Å². The molecule has 0 spiro atoms. The van der Waals surface area contributed by atoms with Crippen LogP contribution >= 0.6 is 0 Å². The van der Waals surface area contributed by atoms with Gasteiger partial charge in [0, 0.05) is 32.7 Å². The highest BCUT2D eigenvalue weighted by Gasteiger charge is 2.29. The molecule has 16 heavy (non-hydrogen) atoms. The summed E-state index contributed by atoms with van der Waals surface area (Å²) in [6, 6.07) is 0.461. The Bertz CT molecular complexity index is 297. The van der Waals surface area contributed by atoms with E-state index in [0.717, 1.165) is 19.3 Å². The molecule has 0 saturated carbocycles. The van der Waals surface area contributed by atoms with Gasteiger partial charge in [-0.25, -0.2) is 0 Å². The fraction of sp³-hybridized carbons (Fsp3) is 1.00. The summed E-state index contributed by atoms with van der Waals surface area (Å²) in [5, 5.41) is 3.20. The van der Waals surface area contributed by atoms with Crippen LogP contribution in [0.2, 0.25) is 0 Å². The molecule has 6 heteroatoms. The summed E-state index contributed by atoms with van der Waals surface area (Å²) in [7, 11) is 0.367. The SMILES string of the molecule is CCCN(C)S(=O)(=O)N1CCC(NC)CC1. The Kier molecular flexibility index (Phi) is 5.17. The van der Waals surface area contributed by atoms with Crippen molar-refractivity contribution < 1.29 is 8.42 Å². The Hall–Kier alpha value is -0.170. The Labute approximate surface area is 99.0 Å². The molecule has 0 aromatic heterocycles. The third-order valence-corrected chi connectivity index (χ3v) is 5.11. The first kappa shape index (κ1) is 13.9. The van der Waals surface area contributed by atoms with E-state index in [4.69, 9.17) is 0 Å². The first-order valence-corrected chi connectivity index (χ1v) is 7.30. The number of piperidine rings is 1. The normalized spacial score (nSPS) is 20.5. The van der Waals surface area contributed by atoms with E-state index in [9.17, 15) is 8.42 Å². The van der Waals surface area contributed by atoms with Gasteiger partial charge >= 0.3 is 0 Å². The van der Waals surface area contributed by atoms with E-state index in [1.54, 1.807) is 11.4 Å². The van der Waals surface area contributed by atoms with Gasteiger partial charge in [0.25, 0.3) is 10.2 Å². The summed E-state index contributed by atoms with van der Waals surface area (Å²) >= 11 is 0. The molecule has 0 atom stereocenters. The van der Waals surface area contributed by atoms with Crippen LogP contribution in [-0.4, -0.2) is 56.8 Å². The zero-order chi connectivity index (χ0) is 12.2. The minimum absolute atomic E-state index is 0.461. The van der Waals surface area contributed by atoms with E-state index in [-0.39, 0.29) is 0 Å². The van der Waals surface area contributed by atoms with Gasteiger partial charge < -0.3 is 5.32 Å². The van der Waals surface area contributed by atoms with Gasteiger partial charge in [0.05, 0.1) is 0 Å². The minimum Gasteiger partial charge on any atom is -0.317 e. The van der Waals surface area contributed by atoms with Crippen molar-refractivity contribution in [1.29, 1.82) is 0 Å². The van der Waals surface area contributed by atoms with E-state index in [1.165, 1.54) is 4.31 Å². The Balaban J connectivity index is 2.58. The van der Waals surface area contributed by atoms with Gasteiger partial charge in [0.15, 0.2) is 0 Å². The molecule has 1 aliphatic heterocycles. The van der Waals surface area contributed by atoms with Crippen LogP contribution in [0.5, 0.6) is 0 Å². The second-order valence-corrected chi connectivity index (χ2v) is 6.33. The lowest BCUT2D eigenvalue weighted by molar-refractivity contribution is 0.280. The molecule has 1 N–H and O–H groups in total. The Morgan fingerprint density at radius 3 is 2.38 bits per heavy atom. The minimum atomic E-state index is -3.22. The molecule has 0 aromatic carbocycles. The fourth-order valence-corrected chi connectivity index (χ4v) is 3.48. The molecule has 0 unspecified atom stereocenters. The topological polar surface area (TPSA) is 52.7 Å². The number of nitrogens with one attached hydrogen (secondary N) is 1. The summed E-state index contributed by atoms with van der Waals surface area (Å²) in [6.07, 6.45) is 2.65. The molecule has 1 saturated heterocycles. The summed E-state index contributed by atoms with van der Waals surface area (Å²) in [4.78, 5) is 0. The molecule has 5 nitrogen and oxygen atoms in total. The van der Waals surface area contributed by atoms with Gasteiger partial charge in [-0.3, -0.25) is 0 Å². The molecule has 1 heterocycles. The summed E-state index contributed by atoms with van der Waals surface area (Å²) in [5.41, 5.74) is 0. The molecule has 0 bridgehead atoms. The first-order chi connectivity index (χ1) is 7.52. The highest BCUT2D eigenvalue weighted by Crippen LogP contribution is 2.16. The highest BCUT2D eigenvalue weighted by molar-refractivity contribution is 7.86. The van der Waals surface area contributed by atoms with Crippen LogP contribution < -0.4 is 5.32 Å². The van der Waals surface area contributed by atoms with Crippen molar-refractivity contribution >= 4 is 10.2 Å². The van der Waals surface area contributed by atoms with E-state index < -0.39 is 10.2 Å². The van der Waals surface area contributed by atoms with Gasteiger partial charge in [-0.2, -0.15) is 17.0 Å². The zero-order valence-electron chi connectivity index (χ0n) is 10.4. The predicted molar refractivity (Wildman–Crippen MR) is 65.5 cm³/mol. The average Bonchev–Trinajstić information content (AvgIpc) is 2.29. The maximum Gasteiger partial charge on any atom is 0.281 e. The average molecular weight is 249 g/mol. The van der Waals surface area contributed by atoms with E-state index in [2.05, 4.69) is 5.32 Å². The van der Waals surface area contributed by atoms with Gasteiger partial charge in [0.1, 0.15) is 0 Å². The summed E-state index contributed by atoms with van der Waals surface area (Å²) in [5.74, 6) is 0. The third kappa shape index (κ3) is 3.16. The summed E-state index contributed by atoms with van der Waals surface area (Å²) < 4.78 is 27.2. The Morgan fingerprint density at radius 2 is 1.94 bits per heavy atom. The molecule has 0 amide bonds. The number of rotatable bonds is 5. The maximum atomic E-state index is 12.1. The monoisotopic (exact) mass is 249 g/mol. The molecule has 1 fully saturated rings. The third-order valence-electron chi connectivity index (χ3n) is 3.12. The number of nitrogens with zero attached hydrogens (tertiary/aromatic N) is 2. The van der Waals surface area contributed by atoms with Crippen molar-refractivity contribution in [1.82, 2.24) is 13.9 Å². The van der Waals surface area contributed by atoms with Crippen molar-refractivity contribution in [3.63, 3.8) is 0 Å². The summed E-state index contributed by atoms with van der Waals surface area (Å²) in [6.45, 7) is 3.83. The van der Waals surface area contributed by atoms with Crippen LogP contribution in [0.1, 0.15) is 26.2 Å². The van der Waals surface area contributed by atoms with E-state index >= 15 is 0 Å². The standard InChI is InChI=1S/C10H23N3O2S/c1-4-7-12(3)16(14,15)13-8-5-10(11-2)6-9-13/h10-11H,4-9H2,1-3H3. The Morgan fingerprint density at radius 1 is 1.38 bits per heavy atom. The van der Waals surface area contributed by atoms with Gasteiger partial charge in [-0.15, -0.1) is 0 Å². The molecule has 1 aliphatic rings. The van der Waals surface area contributed by atoms with Crippen LogP contribution in [0.25, 0.3) is 0 Å². The second-order valence-electron chi connectivity index (χ2n) is 4.29. The second kappa shape index (κ2) is 5.95. The van der Waals surface area contributed by atoms with Crippen molar-refractivity contribution in [2.24, 2.45) is 0 Å². The molecule has 0 aromatic rings. The smallest absolute Gasteiger partial charge is 0.281 e. The lowest BCUT2D eigenvalue weighted by Crippen LogP contribution is -2.48. The first-order valence-electron chi connectivity index (χ1n) is 5.91. The van der Waals surface area contributed by atoms with Crippen LogP contribution in [0, 0.1) is 0 Å². The fourth-order valence-electron chi connectivity index (χ4n) is 2.00. The van der Waals surface area contributed by atoms with Crippen molar-refractivity contribution in [3.8, 4) is 0 Å². The number of hydrogen-bond acceptors (Lipinski definition) is 3. The van der Waals surface area contributed by atoms with E-state index in [0.29, 0.717) is 25.7 Å². The molecular formula is C10H23N3O2S. The van der Waals surface area contributed by atoms with Crippen LogP contribution in [0.15, 0.2) is 0 Å². The zero-order valence-corrected chi connectivity index (χ0v) is 11.3. The van der Waals surface area contributed by atoms with Gasteiger partial charge in [0.2, 0.25) is 0 Å². The molecule has 1 rings (SSSR count). The van der Waals surface area contributed by atoms with Gasteiger partial charge in [-0.1, -0.05) is 6.92 Å². The maximum absolute atomic E-state index is 12.1. The lowest BCUT2D eigenvalue weighted by Gasteiger charge is -2.33. The van der Waals surface area contributed by atoms with E-state index in [1.807, 2.05) is 14.0 Å². The quantitative estimate of drug-likeness (QED) is 0.760. The predicted octanol–water partition coefficient (Wildman–Crippen LogP) is 0.257. The molecule has 0 radical (unpaired) electrons. The lowest BCUT2D eigenvalue weighted by atomic mass is 10.1.